The van der Waals surface area contributed by atoms with Gasteiger partial charge < -0.3 is 19.1 Å². The molecule has 3 aliphatic heterocycles. The van der Waals surface area contributed by atoms with Crippen molar-refractivity contribution in [2.24, 2.45) is 0 Å². The molecule has 1 saturated carbocycles. The van der Waals surface area contributed by atoms with Crippen LogP contribution in [0.3, 0.4) is 0 Å². The number of nitrogens with zero attached hydrogens (tertiary/aromatic N) is 3. The van der Waals surface area contributed by atoms with Crippen LogP contribution in [0.2, 0.25) is 0 Å². The van der Waals surface area contributed by atoms with Gasteiger partial charge in [0.25, 0.3) is 6.71 Å². The summed E-state index contributed by atoms with van der Waals surface area (Å²) in [6, 6.07) is 68.4. The van der Waals surface area contributed by atoms with Gasteiger partial charge in [-0.3, -0.25) is 0 Å². The molecule has 0 radical (unpaired) electrons. The Morgan fingerprint density at radius 3 is 1.76 bits per heavy atom. The third-order valence-corrected chi connectivity index (χ3v) is 21.0. The molecule has 5 heteroatoms. The maximum Gasteiger partial charge on any atom is 0.252 e. The monoisotopic (exact) mass is 1070 g/mol. The van der Waals surface area contributed by atoms with E-state index >= 15 is 0 Å². The molecule has 2 unspecified atom stereocenters. The first-order valence-corrected chi connectivity index (χ1v) is 30.3. The van der Waals surface area contributed by atoms with Gasteiger partial charge in [0.15, 0.2) is 0 Å². The van der Waals surface area contributed by atoms with E-state index in [0.717, 1.165) is 34.0 Å². The van der Waals surface area contributed by atoms with Crippen LogP contribution in [0.15, 0.2) is 180 Å². The van der Waals surface area contributed by atoms with Crippen molar-refractivity contribution < 1.29 is 4.42 Å². The Kier molecular flexibility index (Phi) is 10.7. The van der Waals surface area contributed by atoms with Gasteiger partial charge in [-0.2, -0.15) is 0 Å². The minimum atomic E-state index is -0.257. The first kappa shape index (κ1) is 51.1. The van der Waals surface area contributed by atoms with E-state index in [-0.39, 0.29) is 39.3 Å². The lowest BCUT2D eigenvalue weighted by Gasteiger charge is -2.51. The Hall–Kier alpha value is -7.76. The molecular weight excluding hydrogens is 994 g/mol. The van der Waals surface area contributed by atoms with Crippen LogP contribution in [0.1, 0.15) is 153 Å². The van der Waals surface area contributed by atoms with Gasteiger partial charge in [0.1, 0.15) is 11.2 Å². The van der Waals surface area contributed by atoms with Gasteiger partial charge in [-0.15, -0.1) is 0 Å². The maximum absolute atomic E-state index is 6.80. The minimum absolute atomic E-state index is 0.0177. The molecule has 10 aromatic rings. The summed E-state index contributed by atoms with van der Waals surface area (Å²) in [6.45, 7) is 31.3. The minimum Gasteiger partial charge on any atom is -0.456 e. The largest absolute Gasteiger partial charge is 0.456 e. The molecule has 2 aliphatic carbocycles. The van der Waals surface area contributed by atoms with Crippen molar-refractivity contribution in [2.75, 3.05) is 14.7 Å². The Morgan fingerprint density at radius 2 is 1.04 bits per heavy atom. The van der Waals surface area contributed by atoms with E-state index in [1.807, 2.05) is 0 Å². The van der Waals surface area contributed by atoms with E-state index in [0.29, 0.717) is 0 Å². The molecule has 0 amide bonds. The summed E-state index contributed by atoms with van der Waals surface area (Å²) in [5.41, 5.74) is 28.3. The zero-order chi connectivity index (χ0) is 56.8. The highest BCUT2D eigenvalue weighted by Crippen LogP contribution is 2.62. The van der Waals surface area contributed by atoms with Gasteiger partial charge in [0, 0.05) is 78.5 Å². The summed E-state index contributed by atoms with van der Waals surface area (Å²) >= 11 is 0. The highest BCUT2D eigenvalue weighted by atomic mass is 16.3. The van der Waals surface area contributed by atoms with Crippen LogP contribution in [0.4, 0.5) is 45.5 Å². The fourth-order valence-electron chi connectivity index (χ4n) is 16.2. The van der Waals surface area contributed by atoms with E-state index in [4.69, 9.17) is 4.42 Å². The molecule has 0 bridgehead atoms. The van der Waals surface area contributed by atoms with Crippen molar-refractivity contribution in [3.63, 3.8) is 0 Å². The molecule has 2 atom stereocenters. The third-order valence-electron chi connectivity index (χ3n) is 21.0. The first-order valence-electron chi connectivity index (χ1n) is 30.3. The molecule has 4 nitrogen and oxygen atoms in total. The highest BCUT2D eigenvalue weighted by Gasteiger charge is 2.58. The molecule has 408 valence electrons. The summed E-state index contributed by atoms with van der Waals surface area (Å²) in [5.74, 6) is 0. The Labute approximate surface area is 486 Å². The van der Waals surface area contributed by atoms with Crippen LogP contribution < -0.4 is 31.1 Å². The topological polar surface area (TPSA) is 22.9 Å². The molecule has 1 fully saturated rings. The van der Waals surface area contributed by atoms with Crippen LogP contribution in [0.5, 0.6) is 0 Å². The van der Waals surface area contributed by atoms with Crippen LogP contribution in [-0.4, -0.2) is 12.3 Å². The number of benzene rings is 9. The molecule has 0 N–H and O–H groups in total. The van der Waals surface area contributed by atoms with Crippen molar-refractivity contribution >= 4 is 90.5 Å². The van der Waals surface area contributed by atoms with E-state index in [1.165, 1.54) is 131 Å². The summed E-state index contributed by atoms with van der Waals surface area (Å²) in [4.78, 5) is 8.07. The number of rotatable bonds is 4. The van der Waals surface area contributed by atoms with Crippen molar-refractivity contribution in [3.05, 3.63) is 220 Å². The zero-order valence-electron chi connectivity index (χ0n) is 50.4. The van der Waals surface area contributed by atoms with Gasteiger partial charge in [-0.1, -0.05) is 192 Å². The molecule has 0 saturated heterocycles. The maximum atomic E-state index is 6.80. The summed E-state index contributed by atoms with van der Waals surface area (Å²) in [7, 11) is 0. The third kappa shape index (κ3) is 7.04. The Bertz CT molecular complexity index is 4340. The standard InChI is InChI=1S/C77H76BN3O/c1-47-39-67-71-68(40-47)80(63-35-29-49(72(2,3)4)41-55(63)48-23-15-14-16-24-48)66-46-59-58(74(8,9)56-26-18-19-27-57(56)75(59,10)11)45-62(66)78(71)61-34-32-52(43-65(61)79(67)51-31-33-54-53-25-17-20-28-69(53)82-70(54)44-51)81-64-36-30-50(73(5,6)7)42-60(64)76(12)37-21-22-38-77(76,81)13/h14-20,23-36,39-46H,21-22,37-38H2,1-13H3. The number of hydrogen-bond acceptors (Lipinski definition) is 4. The summed E-state index contributed by atoms with van der Waals surface area (Å²) < 4.78 is 6.80. The smallest absolute Gasteiger partial charge is 0.252 e. The number of fused-ring (bicyclic) bond motifs is 12. The van der Waals surface area contributed by atoms with E-state index < -0.39 is 0 Å². The van der Waals surface area contributed by atoms with Crippen LogP contribution in [0, 0.1) is 6.92 Å². The van der Waals surface area contributed by atoms with Crippen molar-refractivity contribution in [1.82, 2.24) is 0 Å². The second-order valence-electron chi connectivity index (χ2n) is 28.6. The van der Waals surface area contributed by atoms with Crippen LogP contribution in [0.25, 0.3) is 33.1 Å². The second kappa shape index (κ2) is 17.2. The predicted octanol–water partition coefficient (Wildman–Crippen LogP) is 18.9. The first-order chi connectivity index (χ1) is 39.1. The highest BCUT2D eigenvalue weighted by molar-refractivity contribution is 7.00. The van der Waals surface area contributed by atoms with E-state index in [9.17, 15) is 0 Å². The fraction of sp³-hybridized carbons (Fsp3) is 0.299. The lowest BCUT2D eigenvalue weighted by molar-refractivity contribution is 0.195. The quantitative estimate of drug-likeness (QED) is 0.164. The SMILES string of the molecule is Cc1cc2c3c(c1)N(c1ccc(C(C)(C)C)cc1-c1ccccc1)c1cc4c(cc1B3c1ccc(N3c5ccc(C(C)(C)C)cc5C5(C)CCCCC35C)cc1N2c1ccc2c(c1)oc1ccccc12)C(C)(C)c1ccccc1C4(C)C. The summed E-state index contributed by atoms with van der Waals surface area (Å²) in [6.07, 6.45) is 4.77. The molecule has 1 aromatic heterocycles. The number of para-hydroxylation sites is 1. The molecule has 0 spiro atoms. The van der Waals surface area contributed by atoms with Crippen molar-refractivity contribution in [1.29, 1.82) is 0 Å². The Morgan fingerprint density at radius 1 is 0.439 bits per heavy atom. The van der Waals surface area contributed by atoms with Gasteiger partial charge in [0.05, 0.1) is 11.2 Å². The van der Waals surface area contributed by atoms with Crippen molar-refractivity contribution in [2.45, 2.75) is 148 Å². The second-order valence-corrected chi connectivity index (χ2v) is 28.6. The normalized spacial score (nSPS) is 20.0. The number of anilines is 8. The van der Waals surface area contributed by atoms with Gasteiger partial charge in [0.2, 0.25) is 0 Å². The Balaban J connectivity index is 1.05. The number of furan rings is 1. The molecule has 15 rings (SSSR count). The van der Waals surface area contributed by atoms with Crippen LogP contribution in [-0.2, 0) is 27.1 Å². The lowest BCUT2D eigenvalue weighted by atomic mass is 9.33. The van der Waals surface area contributed by atoms with Gasteiger partial charge in [-0.25, -0.2) is 0 Å². The predicted molar refractivity (Wildman–Crippen MR) is 349 cm³/mol. The van der Waals surface area contributed by atoms with Gasteiger partial charge >= 0.3 is 0 Å². The number of aryl methyl sites for hydroxylation is 1. The van der Waals surface area contributed by atoms with Crippen molar-refractivity contribution in [3.8, 4) is 11.1 Å². The molecule has 5 aliphatic rings. The average Bonchev–Trinajstić information content (AvgIpc) is 1.96. The van der Waals surface area contributed by atoms with E-state index in [1.54, 1.807) is 0 Å². The number of hydrogen-bond donors (Lipinski definition) is 0. The molecule has 82 heavy (non-hydrogen) atoms. The summed E-state index contributed by atoms with van der Waals surface area (Å²) in [5, 5.41) is 2.27. The van der Waals surface area contributed by atoms with Crippen LogP contribution >= 0.6 is 0 Å². The lowest BCUT2D eigenvalue weighted by Crippen LogP contribution is -2.62. The molecule has 9 aromatic carbocycles. The zero-order valence-corrected chi connectivity index (χ0v) is 50.4. The molecule has 4 heterocycles. The van der Waals surface area contributed by atoms with E-state index in [2.05, 4.69) is 281 Å². The fourth-order valence-corrected chi connectivity index (χ4v) is 16.2. The molecular formula is C77H76BN3O. The average molecular weight is 1070 g/mol. The van der Waals surface area contributed by atoms with Gasteiger partial charge in [-0.05, 0) is 171 Å².